The van der Waals surface area contributed by atoms with E-state index in [4.69, 9.17) is 25.0 Å². The first-order valence-electron chi connectivity index (χ1n) is 29.9. The van der Waals surface area contributed by atoms with Crippen molar-refractivity contribution in [2.75, 3.05) is 0 Å². The van der Waals surface area contributed by atoms with E-state index in [1.165, 1.54) is 13.8 Å². The molecule has 1 nitrogen and oxygen atoms in total. The standard InChI is InChI=1S/C51H34O/c1-51(2)44-20-10-9-18-41(44)50-36(19-11-21-45(50)51)31-22-24-32(25-23-31)48-37-14-5-7-16-39(37)49(40-17-8-6-15-38(40)48)35-26-27-46-42(29-35)43-28-33-12-3-4-13-34(33)30-47(43)52-46/h3-30H,1-2H3/i3D,4D,5D,6D,7D,8D,9D,10D,11D,12D,13D,14D,15D,16D,17D,18D,19D,20D,21D,22D,23D,24D,25D,26D,27D,28D,29D,30D. The molecule has 1 aliphatic rings. The van der Waals surface area contributed by atoms with Crippen molar-refractivity contribution >= 4 is 54.3 Å². The summed E-state index contributed by atoms with van der Waals surface area (Å²) in [6, 6.07) is -23.8. The number of fused-ring (bicyclic) bond motifs is 9. The summed E-state index contributed by atoms with van der Waals surface area (Å²) in [5.74, 6) is 0. The highest BCUT2D eigenvalue weighted by Gasteiger charge is 2.36. The number of furan rings is 1. The molecule has 52 heavy (non-hydrogen) atoms. The molecule has 0 N–H and O–H groups in total. The third-order valence-electron chi connectivity index (χ3n) is 9.45. The van der Waals surface area contributed by atoms with Crippen LogP contribution < -0.4 is 0 Å². The Hall–Kier alpha value is -6.44. The zero-order valence-electron chi connectivity index (χ0n) is 54.9. The molecule has 0 fully saturated rings. The van der Waals surface area contributed by atoms with Crippen LogP contribution in [0.2, 0.25) is 0 Å². The fraction of sp³-hybridized carbons (Fsp3) is 0.0588. The molecular weight excluding hydrogens is 629 g/mol. The molecule has 1 heterocycles. The smallest absolute Gasteiger partial charge is 0.136 e. The van der Waals surface area contributed by atoms with Crippen LogP contribution in [0, 0.1) is 0 Å². The fourth-order valence-electron chi connectivity index (χ4n) is 7.08. The molecule has 0 radical (unpaired) electrons. The number of hydrogen-bond acceptors (Lipinski definition) is 1. The van der Waals surface area contributed by atoms with E-state index >= 15 is 0 Å². The summed E-state index contributed by atoms with van der Waals surface area (Å²) < 4.78 is 262. The number of rotatable bonds is 3. The van der Waals surface area contributed by atoms with Crippen LogP contribution in [0.3, 0.4) is 0 Å². The van der Waals surface area contributed by atoms with Crippen LogP contribution in [0.5, 0.6) is 0 Å². The average Bonchev–Trinajstić information content (AvgIpc) is 4.15. The van der Waals surface area contributed by atoms with Gasteiger partial charge >= 0.3 is 0 Å². The van der Waals surface area contributed by atoms with E-state index in [0.717, 1.165) is 0 Å². The van der Waals surface area contributed by atoms with Crippen LogP contribution in [-0.4, -0.2) is 0 Å². The maximum absolute atomic E-state index is 9.88. The van der Waals surface area contributed by atoms with Crippen LogP contribution >= 0.6 is 0 Å². The van der Waals surface area contributed by atoms with E-state index in [2.05, 4.69) is 0 Å². The highest BCUT2D eigenvalue weighted by Crippen LogP contribution is 2.52. The van der Waals surface area contributed by atoms with Crippen molar-refractivity contribution in [1.29, 1.82) is 0 Å². The van der Waals surface area contributed by atoms with Gasteiger partial charge in [-0.15, -0.1) is 0 Å². The predicted molar refractivity (Wildman–Crippen MR) is 220 cm³/mol. The monoisotopic (exact) mass is 690 g/mol. The Bertz CT molecular complexity index is 4600. The molecule has 0 unspecified atom stereocenters. The molecule has 0 spiro atoms. The fourth-order valence-corrected chi connectivity index (χ4v) is 7.08. The Morgan fingerprint density at radius 3 is 1.62 bits per heavy atom. The summed E-state index contributed by atoms with van der Waals surface area (Å²) in [4.78, 5) is 0. The quantitative estimate of drug-likeness (QED) is 0.168. The molecular formula is C51H34O. The van der Waals surface area contributed by atoms with Crippen molar-refractivity contribution in [3.8, 4) is 44.5 Å². The van der Waals surface area contributed by atoms with Gasteiger partial charge in [0.2, 0.25) is 0 Å². The predicted octanol–water partition coefficient (Wildman–Crippen LogP) is 14.4. The Labute approximate surface area is 341 Å². The van der Waals surface area contributed by atoms with Gasteiger partial charge in [-0.1, -0.05) is 159 Å². The van der Waals surface area contributed by atoms with Crippen LogP contribution in [-0.2, 0) is 5.41 Å². The van der Waals surface area contributed by atoms with Crippen LogP contribution in [0.1, 0.15) is 63.4 Å². The first-order chi connectivity index (χ1) is 37.2. The SMILES string of the molecule is [2H]c1c([2H])c([2H])c2c(c1[2H])-c1c(-c3c([2H])c([2H])c(-c4c5c([2H])c([2H])c([2H])c([2H])c5c(-c5c([2H])c([2H])c6oc7c([2H])c8c([2H])c([2H])c([2H])c([2H])c8c([2H])c7c6c5[2H])c5c([2H])c([2H])c([2H])c([2H])c45)c([2H])c3[2H])c([2H])c([2H])c([2H])c1C2(C)C. The highest BCUT2D eigenvalue weighted by atomic mass is 16.3. The summed E-state index contributed by atoms with van der Waals surface area (Å²) in [7, 11) is 0. The van der Waals surface area contributed by atoms with Crippen LogP contribution in [0.25, 0.3) is 98.8 Å². The Kier molecular flexibility index (Phi) is 2.69. The zero-order chi connectivity index (χ0) is 58.9. The van der Waals surface area contributed by atoms with Gasteiger partial charge in [0.1, 0.15) is 11.2 Å². The minimum Gasteiger partial charge on any atom is -0.456 e. The molecule has 0 bridgehead atoms. The minimum atomic E-state index is -1.48. The Balaban J connectivity index is 1.35. The summed E-state index contributed by atoms with van der Waals surface area (Å²) >= 11 is 0. The van der Waals surface area contributed by atoms with Gasteiger partial charge in [0, 0.05) is 16.2 Å². The minimum absolute atomic E-state index is 0.0404. The average molecular weight is 691 g/mol. The van der Waals surface area contributed by atoms with Gasteiger partial charge in [-0.3, -0.25) is 0 Å². The lowest BCUT2D eigenvalue weighted by Crippen LogP contribution is -2.14. The second-order valence-corrected chi connectivity index (χ2v) is 12.6. The highest BCUT2D eigenvalue weighted by molar-refractivity contribution is 6.22. The lowest BCUT2D eigenvalue weighted by atomic mass is 9.82. The van der Waals surface area contributed by atoms with Crippen molar-refractivity contribution < 1.29 is 42.8 Å². The zero-order valence-corrected chi connectivity index (χ0v) is 26.9. The lowest BCUT2D eigenvalue weighted by molar-refractivity contribution is 0.660. The molecule has 11 rings (SSSR count). The molecule has 10 aromatic rings. The van der Waals surface area contributed by atoms with Gasteiger partial charge in [-0.25, -0.2) is 0 Å². The number of hydrogen-bond donors (Lipinski definition) is 0. The van der Waals surface area contributed by atoms with E-state index in [1.54, 1.807) is 0 Å². The summed E-state index contributed by atoms with van der Waals surface area (Å²) in [5, 5.41) is -4.82. The van der Waals surface area contributed by atoms with Crippen LogP contribution in [0.4, 0.5) is 0 Å². The van der Waals surface area contributed by atoms with Gasteiger partial charge in [-0.05, 0) is 112 Å². The topological polar surface area (TPSA) is 13.1 Å². The number of benzene rings is 9. The summed E-state index contributed by atoms with van der Waals surface area (Å²) in [5.41, 5.74) is -7.53. The van der Waals surface area contributed by atoms with Gasteiger partial charge in [-0.2, -0.15) is 0 Å². The molecule has 9 aromatic carbocycles. The lowest BCUT2D eigenvalue weighted by Gasteiger charge is -2.21. The molecule has 0 saturated carbocycles. The molecule has 0 saturated heterocycles. The molecule has 0 aliphatic heterocycles. The van der Waals surface area contributed by atoms with Crippen molar-refractivity contribution in [1.82, 2.24) is 0 Å². The molecule has 1 aromatic heterocycles. The summed E-state index contributed by atoms with van der Waals surface area (Å²) in [6.07, 6.45) is 0. The molecule has 244 valence electrons. The van der Waals surface area contributed by atoms with Gasteiger partial charge in [0.05, 0.1) is 38.4 Å². The maximum Gasteiger partial charge on any atom is 0.136 e. The van der Waals surface area contributed by atoms with Gasteiger partial charge < -0.3 is 4.42 Å². The third kappa shape index (κ3) is 4.11. The van der Waals surface area contributed by atoms with E-state index in [0.29, 0.717) is 0 Å². The molecule has 0 amide bonds. The maximum atomic E-state index is 9.88. The van der Waals surface area contributed by atoms with Crippen molar-refractivity contribution in [2.45, 2.75) is 19.3 Å². The van der Waals surface area contributed by atoms with Crippen molar-refractivity contribution in [2.24, 2.45) is 0 Å². The first-order valence-corrected chi connectivity index (χ1v) is 15.9. The largest absolute Gasteiger partial charge is 0.456 e. The molecule has 1 heteroatoms. The molecule has 0 atom stereocenters. The second-order valence-electron chi connectivity index (χ2n) is 12.6. The Morgan fingerprint density at radius 1 is 0.385 bits per heavy atom. The molecule has 1 aliphatic carbocycles. The third-order valence-corrected chi connectivity index (χ3v) is 9.45. The van der Waals surface area contributed by atoms with Crippen LogP contribution in [0.15, 0.2) is 174 Å². The van der Waals surface area contributed by atoms with Gasteiger partial charge in [0.15, 0.2) is 0 Å². The first kappa shape index (κ1) is 13.0. The van der Waals surface area contributed by atoms with E-state index < -0.39 is 262 Å². The van der Waals surface area contributed by atoms with E-state index in [1.807, 2.05) is 0 Å². The van der Waals surface area contributed by atoms with Gasteiger partial charge in [0.25, 0.3) is 0 Å². The van der Waals surface area contributed by atoms with E-state index in [-0.39, 0.29) is 22.3 Å². The van der Waals surface area contributed by atoms with Crippen molar-refractivity contribution in [3.05, 3.63) is 180 Å². The van der Waals surface area contributed by atoms with E-state index in [9.17, 15) is 17.8 Å². The summed E-state index contributed by atoms with van der Waals surface area (Å²) in [6.45, 7) is 3.04. The normalized spacial score (nSPS) is 20.9. The second kappa shape index (κ2) is 10.8. The Morgan fingerprint density at radius 2 is 0.904 bits per heavy atom. The van der Waals surface area contributed by atoms with Crippen molar-refractivity contribution in [3.63, 3.8) is 0 Å².